The molecule has 7 nitrogen and oxygen atoms in total. The zero-order valence-corrected chi connectivity index (χ0v) is 17.1. The van der Waals surface area contributed by atoms with Gasteiger partial charge in [-0.25, -0.2) is 18.2 Å². The maximum Gasteiger partial charge on any atom is 0.285 e. The summed E-state index contributed by atoms with van der Waals surface area (Å²) < 4.78 is 44.7. The largest absolute Gasteiger partial charge is 0.473 e. The van der Waals surface area contributed by atoms with Crippen LogP contribution in [0.2, 0.25) is 5.02 Å². The monoisotopic (exact) mass is 449 g/mol. The summed E-state index contributed by atoms with van der Waals surface area (Å²) in [4.78, 5) is 14.2. The molecular formula is C20H17ClFN3O4S. The van der Waals surface area contributed by atoms with E-state index in [1.165, 1.54) is 53.6 Å². The van der Waals surface area contributed by atoms with Crippen LogP contribution in [0, 0.1) is 5.82 Å². The zero-order chi connectivity index (χ0) is 21.3. The van der Waals surface area contributed by atoms with Gasteiger partial charge in [0.05, 0.1) is 16.3 Å². The van der Waals surface area contributed by atoms with Gasteiger partial charge in [0.2, 0.25) is 6.10 Å². The van der Waals surface area contributed by atoms with Crippen molar-refractivity contribution in [3.8, 4) is 5.75 Å². The molecule has 156 valence electrons. The third-order valence-electron chi connectivity index (χ3n) is 4.58. The number of carbonyl (C=O) groups is 1. The smallest absolute Gasteiger partial charge is 0.285 e. The molecule has 3 aromatic rings. The van der Waals surface area contributed by atoms with Crippen LogP contribution < -0.4 is 10.2 Å². The summed E-state index contributed by atoms with van der Waals surface area (Å²) in [5, 5.41) is 3.74. The molecule has 0 saturated heterocycles. The van der Waals surface area contributed by atoms with E-state index in [0.29, 0.717) is 18.4 Å². The Kier molecular flexibility index (Phi) is 5.48. The van der Waals surface area contributed by atoms with Gasteiger partial charge in [-0.2, -0.15) is 9.89 Å². The van der Waals surface area contributed by atoms with Crippen LogP contribution in [-0.2, 0) is 14.6 Å². The van der Waals surface area contributed by atoms with Gasteiger partial charge in [0, 0.05) is 16.8 Å². The minimum Gasteiger partial charge on any atom is -0.473 e. The molecule has 1 heterocycles. The Hall–Kier alpha value is -2.91. The van der Waals surface area contributed by atoms with Crippen molar-refractivity contribution in [2.45, 2.75) is 29.1 Å². The van der Waals surface area contributed by atoms with Crippen LogP contribution in [0.3, 0.4) is 0 Å². The van der Waals surface area contributed by atoms with Crippen molar-refractivity contribution in [1.29, 1.82) is 0 Å². The molecule has 1 unspecified atom stereocenters. The van der Waals surface area contributed by atoms with E-state index < -0.39 is 27.7 Å². The van der Waals surface area contributed by atoms with Gasteiger partial charge in [0.15, 0.2) is 21.4 Å². The summed E-state index contributed by atoms with van der Waals surface area (Å²) in [6.07, 6.45) is 3.04. The number of benzene rings is 2. The number of sulfone groups is 1. The molecule has 1 fully saturated rings. The standard InChI is InChI=1S/C20H17ClFN3O4S/c21-14-4-9-18(17(22)12-14)29-19(20(26)24-25-11-1-10-23-25)13-2-5-15(6-3-13)30(27,28)16-7-8-16/h1-6,9-12,16,19H,7-8H2,(H,24,26). The lowest BCUT2D eigenvalue weighted by Gasteiger charge is -2.20. The highest BCUT2D eigenvalue weighted by Crippen LogP contribution is 2.34. The summed E-state index contributed by atoms with van der Waals surface area (Å²) in [5.41, 5.74) is 2.87. The molecule has 1 N–H and O–H groups in total. The summed E-state index contributed by atoms with van der Waals surface area (Å²) in [6, 6.07) is 11.3. The lowest BCUT2D eigenvalue weighted by molar-refractivity contribution is -0.124. The van der Waals surface area contributed by atoms with Crippen LogP contribution in [0.5, 0.6) is 5.75 Å². The predicted octanol–water partition coefficient (Wildman–Crippen LogP) is 3.50. The second-order valence-corrected chi connectivity index (χ2v) is 9.48. The molecule has 30 heavy (non-hydrogen) atoms. The van der Waals surface area contributed by atoms with Crippen molar-refractivity contribution >= 4 is 27.3 Å². The molecule has 0 spiro atoms. The Balaban J connectivity index is 1.64. The number of aromatic nitrogens is 2. The molecule has 1 saturated carbocycles. The number of nitrogens with one attached hydrogen (secondary N) is 1. The molecule has 4 rings (SSSR count). The number of ether oxygens (including phenoxy) is 1. The average molecular weight is 450 g/mol. The topological polar surface area (TPSA) is 90.3 Å². The summed E-state index contributed by atoms with van der Waals surface area (Å²) in [7, 11) is -3.37. The van der Waals surface area contributed by atoms with E-state index in [9.17, 15) is 17.6 Å². The van der Waals surface area contributed by atoms with Crippen molar-refractivity contribution in [2.24, 2.45) is 0 Å². The normalized spacial score (nSPS) is 14.9. The number of amides is 1. The first-order valence-electron chi connectivity index (χ1n) is 9.10. The zero-order valence-electron chi connectivity index (χ0n) is 15.5. The van der Waals surface area contributed by atoms with E-state index in [4.69, 9.17) is 16.3 Å². The predicted molar refractivity (Wildman–Crippen MR) is 108 cm³/mol. The fourth-order valence-electron chi connectivity index (χ4n) is 2.88. The van der Waals surface area contributed by atoms with Gasteiger partial charge in [0.25, 0.3) is 5.91 Å². The minimum absolute atomic E-state index is 0.172. The lowest BCUT2D eigenvalue weighted by Crippen LogP contribution is -2.31. The SMILES string of the molecule is O=C(Nn1cccn1)C(Oc1ccc(Cl)cc1F)c1ccc(S(=O)(=O)C2CC2)cc1. The van der Waals surface area contributed by atoms with Crippen molar-refractivity contribution in [2.75, 3.05) is 5.43 Å². The van der Waals surface area contributed by atoms with Crippen LogP contribution in [0.15, 0.2) is 65.8 Å². The van der Waals surface area contributed by atoms with Gasteiger partial charge in [-0.1, -0.05) is 23.7 Å². The Labute approximate surface area is 177 Å². The Morgan fingerprint density at radius 1 is 1.23 bits per heavy atom. The third kappa shape index (κ3) is 4.31. The van der Waals surface area contributed by atoms with Crippen molar-refractivity contribution in [3.05, 3.63) is 77.3 Å². The van der Waals surface area contributed by atoms with E-state index >= 15 is 0 Å². The number of hydrogen-bond acceptors (Lipinski definition) is 5. The van der Waals surface area contributed by atoms with Crippen LogP contribution >= 0.6 is 11.6 Å². The number of carbonyl (C=O) groups excluding carboxylic acids is 1. The van der Waals surface area contributed by atoms with E-state index in [-0.39, 0.29) is 20.9 Å². The van der Waals surface area contributed by atoms with Crippen molar-refractivity contribution in [3.63, 3.8) is 0 Å². The summed E-state index contributed by atoms with van der Waals surface area (Å²) >= 11 is 5.78. The molecule has 1 aliphatic carbocycles. The number of halogens is 2. The molecule has 2 aromatic carbocycles. The van der Waals surface area contributed by atoms with E-state index in [0.717, 1.165) is 6.07 Å². The third-order valence-corrected chi connectivity index (χ3v) is 7.09. The molecular weight excluding hydrogens is 433 g/mol. The highest BCUT2D eigenvalue weighted by Gasteiger charge is 2.37. The van der Waals surface area contributed by atoms with E-state index in [1.807, 2.05) is 0 Å². The molecule has 0 bridgehead atoms. The molecule has 10 heteroatoms. The molecule has 1 amide bonds. The summed E-state index contributed by atoms with van der Waals surface area (Å²) in [5.74, 6) is -1.52. The highest BCUT2D eigenvalue weighted by atomic mass is 35.5. The van der Waals surface area contributed by atoms with Crippen molar-refractivity contribution in [1.82, 2.24) is 9.89 Å². The lowest BCUT2D eigenvalue weighted by atomic mass is 10.1. The van der Waals surface area contributed by atoms with Crippen LogP contribution in [0.4, 0.5) is 4.39 Å². The molecule has 1 atom stereocenters. The first-order chi connectivity index (χ1) is 14.3. The van der Waals surface area contributed by atoms with Gasteiger partial charge >= 0.3 is 0 Å². The fraction of sp³-hybridized carbons (Fsp3) is 0.200. The average Bonchev–Trinajstić information content (AvgIpc) is 3.46. The molecule has 1 aliphatic rings. The maximum absolute atomic E-state index is 14.2. The minimum atomic E-state index is -3.37. The first-order valence-corrected chi connectivity index (χ1v) is 11.0. The Morgan fingerprint density at radius 2 is 1.97 bits per heavy atom. The van der Waals surface area contributed by atoms with E-state index in [1.54, 1.807) is 6.07 Å². The first kappa shape index (κ1) is 20.4. The quantitative estimate of drug-likeness (QED) is 0.596. The van der Waals surface area contributed by atoms with Gasteiger partial charge in [-0.3, -0.25) is 4.79 Å². The number of nitrogens with zero attached hydrogens (tertiary/aromatic N) is 2. The Bertz CT molecular complexity index is 1160. The van der Waals surface area contributed by atoms with Gasteiger partial charge < -0.3 is 4.74 Å². The van der Waals surface area contributed by atoms with Gasteiger partial charge in [-0.15, -0.1) is 0 Å². The van der Waals surface area contributed by atoms with Gasteiger partial charge in [-0.05, 0) is 49.2 Å². The van der Waals surface area contributed by atoms with Crippen LogP contribution in [0.1, 0.15) is 24.5 Å². The summed E-state index contributed by atoms with van der Waals surface area (Å²) in [6.45, 7) is 0. The number of hydrogen-bond donors (Lipinski definition) is 1. The van der Waals surface area contributed by atoms with E-state index in [2.05, 4.69) is 10.5 Å². The van der Waals surface area contributed by atoms with Gasteiger partial charge in [0.1, 0.15) is 0 Å². The number of rotatable bonds is 7. The molecule has 1 aromatic heterocycles. The fourth-order valence-corrected chi connectivity index (χ4v) is 4.70. The molecule has 0 aliphatic heterocycles. The second-order valence-electron chi connectivity index (χ2n) is 6.81. The molecule has 0 radical (unpaired) electrons. The van der Waals surface area contributed by atoms with Crippen molar-refractivity contribution < 1.29 is 22.3 Å². The Morgan fingerprint density at radius 3 is 2.57 bits per heavy atom. The second kappa shape index (κ2) is 8.08. The highest BCUT2D eigenvalue weighted by molar-refractivity contribution is 7.92. The maximum atomic E-state index is 14.2. The van der Waals surface area contributed by atoms with Crippen LogP contribution in [0.25, 0.3) is 0 Å². The van der Waals surface area contributed by atoms with Crippen LogP contribution in [-0.4, -0.2) is 29.5 Å².